The summed E-state index contributed by atoms with van der Waals surface area (Å²) in [5.74, 6) is 1.13. The van der Waals surface area contributed by atoms with Gasteiger partial charge in [0.25, 0.3) is 0 Å². The molecule has 3 aromatic rings. The number of ether oxygens (including phenoxy) is 3. The molecule has 0 spiro atoms. The van der Waals surface area contributed by atoms with Crippen LogP contribution < -0.4 is 9.47 Å². The number of carbonyl (C=O) groups is 1. The first-order valence-corrected chi connectivity index (χ1v) is 9.67. The van der Waals surface area contributed by atoms with Crippen LogP contribution in [0, 0.1) is 0 Å². The van der Waals surface area contributed by atoms with Gasteiger partial charge in [-0.1, -0.05) is 68.4 Å². The van der Waals surface area contributed by atoms with Crippen LogP contribution in [0.25, 0.3) is 0 Å². The van der Waals surface area contributed by atoms with Gasteiger partial charge in [-0.2, -0.15) is 0 Å². The Hall–Kier alpha value is -3.27. The maximum Gasteiger partial charge on any atom is 0.341 e. The highest BCUT2D eigenvalue weighted by molar-refractivity contribution is 5.92. The van der Waals surface area contributed by atoms with Gasteiger partial charge in [0.1, 0.15) is 30.3 Å². The average molecular weight is 390 g/mol. The lowest BCUT2D eigenvalue weighted by atomic mass is 10.0. The molecular formula is C25H26O4. The quantitative estimate of drug-likeness (QED) is 0.459. The van der Waals surface area contributed by atoms with E-state index in [1.54, 1.807) is 18.2 Å². The lowest BCUT2D eigenvalue weighted by Gasteiger charge is -2.13. The number of hydrogen-bond acceptors (Lipinski definition) is 4. The van der Waals surface area contributed by atoms with E-state index in [1.807, 2.05) is 30.3 Å². The van der Waals surface area contributed by atoms with E-state index in [-0.39, 0.29) is 0 Å². The monoisotopic (exact) mass is 390 g/mol. The molecule has 3 aromatic carbocycles. The molecule has 3 rings (SSSR count). The first-order valence-electron chi connectivity index (χ1n) is 9.67. The molecule has 0 atom stereocenters. The van der Waals surface area contributed by atoms with Crippen LogP contribution >= 0.6 is 0 Å². The molecule has 0 saturated heterocycles. The van der Waals surface area contributed by atoms with Crippen LogP contribution in [0.5, 0.6) is 11.5 Å². The lowest BCUT2D eigenvalue weighted by molar-refractivity contribution is 0.0595. The van der Waals surface area contributed by atoms with Crippen molar-refractivity contribution in [3.8, 4) is 11.5 Å². The molecule has 0 bridgehead atoms. The maximum atomic E-state index is 12.1. The van der Waals surface area contributed by atoms with Crippen molar-refractivity contribution in [3.05, 3.63) is 95.1 Å². The van der Waals surface area contributed by atoms with E-state index in [1.165, 1.54) is 12.7 Å². The SMILES string of the molecule is COC(=O)c1ccc(OCc2ccc(C(C)C)cc2)cc1OCc1ccccc1. The highest BCUT2D eigenvalue weighted by Gasteiger charge is 2.15. The minimum absolute atomic E-state index is 0.352. The largest absolute Gasteiger partial charge is 0.489 e. The van der Waals surface area contributed by atoms with Crippen LogP contribution in [0.15, 0.2) is 72.8 Å². The Bertz CT molecular complexity index is 931. The molecule has 0 N–H and O–H groups in total. The zero-order valence-corrected chi connectivity index (χ0v) is 17.1. The molecule has 0 amide bonds. The number of rotatable bonds is 8. The Morgan fingerprint density at radius 1 is 0.828 bits per heavy atom. The molecule has 0 aromatic heterocycles. The summed E-state index contributed by atoms with van der Waals surface area (Å²) in [6.45, 7) is 5.13. The summed E-state index contributed by atoms with van der Waals surface area (Å²) in [6, 6.07) is 23.3. The highest BCUT2D eigenvalue weighted by atomic mass is 16.5. The van der Waals surface area contributed by atoms with Crippen LogP contribution in [0.4, 0.5) is 0 Å². The first-order chi connectivity index (χ1) is 14.1. The molecule has 4 nitrogen and oxygen atoms in total. The van der Waals surface area contributed by atoms with Gasteiger partial charge in [0.05, 0.1) is 7.11 Å². The fraction of sp³-hybridized carbons (Fsp3) is 0.240. The van der Waals surface area contributed by atoms with Crippen molar-refractivity contribution >= 4 is 5.97 Å². The van der Waals surface area contributed by atoms with Gasteiger partial charge in [-0.3, -0.25) is 0 Å². The summed E-state index contributed by atoms with van der Waals surface area (Å²) in [6.07, 6.45) is 0. The fourth-order valence-electron chi connectivity index (χ4n) is 2.89. The molecule has 0 heterocycles. The smallest absolute Gasteiger partial charge is 0.341 e. The summed E-state index contributed by atoms with van der Waals surface area (Å²) < 4.78 is 16.7. The highest BCUT2D eigenvalue weighted by Crippen LogP contribution is 2.27. The first kappa shape index (κ1) is 20.5. The second-order valence-corrected chi connectivity index (χ2v) is 7.11. The third-order valence-corrected chi connectivity index (χ3v) is 4.65. The number of benzene rings is 3. The molecule has 29 heavy (non-hydrogen) atoms. The molecule has 0 saturated carbocycles. The third kappa shape index (κ3) is 5.61. The van der Waals surface area contributed by atoms with Gasteiger partial charge in [0.15, 0.2) is 0 Å². The lowest BCUT2D eigenvalue weighted by Crippen LogP contribution is -2.06. The summed E-state index contributed by atoms with van der Waals surface area (Å²) in [7, 11) is 1.36. The molecule has 0 fully saturated rings. The van der Waals surface area contributed by atoms with E-state index in [0.29, 0.717) is 36.2 Å². The zero-order chi connectivity index (χ0) is 20.6. The zero-order valence-electron chi connectivity index (χ0n) is 17.1. The number of esters is 1. The second kappa shape index (κ2) is 9.78. The molecule has 4 heteroatoms. The maximum absolute atomic E-state index is 12.1. The summed E-state index contributed by atoms with van der Waals surface area (Å²) in [4.78, 5) is 12.1. The van der Waals surface area contributed by atoms with E-state index >= 15 is 0 Å². The van der Waals surface area contributed by atoms with Gasteiger partial charge in [-0.05, 0) is 34.7 Å². The van der Waals surface area contributed by atoms with Crippen molar-refractivity contribution < 1.29 is 19.0 Å². The van der Waals surface area contributed by atoms with E-state index in [2.05, 4.69) is 38.1 Å². The van der Waals surface area contributed by atoms with Gasteiger partial charge >= 0.3 is 5.97 Å². The molecule has 0 aliphatic carbocycles. The summed E-state index contributed by atoms with van der Waals surface area (Å²) in [5, 5.41) is 0. The van der Waals surface area contributed by atoms with Crippen LogP contribution in [0.3, 0.4) is 0 Å². The van der Waals surface area contributed by atoms with Crippen LogP contribution in [0.1, 0.15) is 46.8 Å². The van der Waals surface area contributed by atoms with Crippen molar-refractivity contribution in [1.29, 1.82) is 0 Å². The van der Waals surface area contributed by atoms with Crippen LogP contribution in [-0.2, 0) is 18.0 Å². The topological polar surface area (TPSA) is 44.8 Å². The van der Waals surface area contributed by atoms with Gasteiger partial charge in [0.2, 0.25) is 0 Å². The van der Waals surface area contributed by atoms with Crippen molar-refractivity contribution in [3.63, 3.8) is 0 Å². The molecule has 0 aliphatic rings. The Kier molecular flexibility index (Phi) is 6.90. The van der Waals surface area contributed by atoms with E-state index in [4.69, 9.17) is 14.2 Å². The van der Waals surface area contributed by atoms with Crippen molar-refractivity contribution in [2.24, 2.45) is 0 Å². The van der Waals surface area contributed by atoms with Crippen molar-refractivity contribution in [2.75, 3.05) is 7.11 Å². The van der Waals surface area contributed by atoms with Gasteiger partial charge < -0.3 is 14.2 Å². The number of hydrogen-bond donors (Lipinski definition) is 0. The normalized spacial score (nSPS) is 10.6. The Morgan fingerprint density at radius 3 is 2.14 bits per heavy atom. The standard InChI is InChI=1S/C25H26O4/c1-18(2)21-11-9-20(10-12-21)16-28-22-13-14-23(25(26)27-3)24(15-22)29-17-19-7-5-4-6-8-19/h4-15,18H,16-17H2,1-3H3. The average Bonchev–Trinajstić information content (AvgIpc) is 2.76. The van der Waals surface area contributed by atoms with Crippen LogP contribution in [0.2, 0.25) is 0 Å². The second-order valence-electron chi connectivity index (χ2n) is 7.11. The predicted octanol–water partition coefficient (Wildman–Crippen LogP) is 5.75. The van der Waals surface area contributed by atoms with Crippen LogP contribution in [-0.4, -0.2) is 13.1 Å². The van der Waals surface area contributed by atoms with Crippen molar-refractivity contribution in [1.82, 2.24) is 0 Å². The third-order valence-electron chi connectivity index (χ3n) is 4.65. The molecular weight excluding hydrogens is 364 g/mol. The van der Waals surface area contributed by atoms with Crippen molar-refractivity contribution in [2.45, 2.75) is 33.0 Å². The number of carbonyl (C=O) groups excluding carboxylic acids is 1. The molecule has 0 aliphatic heterocycles. The summed E-state index contributed by atoms with van der Waals surface area (Å²) in [5.41, 5.74) is 3.77. The minimum atomic E-state index is -0.441. The Labute approximate surface area is 172 Å². The van der Waals surface area contributed by atoms with E-state index < -0.39 is 5.97 Å². The summed E-state index contributed by atoms with van der Waals surface area (Å²) >= 11 is 0. The van der Waals surface area contributed by atoms with Gasteiger partial charge in [-0.25, -0.2) is 4.79 Å². The Balaban J connectivity index is 1.72. The minimum Gasteiger partial charge on any atom is -0.489 e. The van der Waals surface area contributed by atoms with Gasteiger partial charge in [-0.15, -0.1) is 0 Å². The molecule has 0 unspecified atom stereocenters. The predicted molar refractivity (Wildman–Crippen MR) is 113 cm³/mol. The fourth-order valence-corrected chi connectivity index (χ4v) is 2.89. The Morgan fingerprint density at radius 2 is 1.48 bits per heavy atom. The number of methoxy groups -OCH3 is 1. The van der Waals surface area contributed by atoms with E-state index in [0.717, 1.165) is 11.1 Å². The molecule has 150 valence electrons. The molecule has 0 radical (unpaired) electrons. The van der Waals surface area contributed by atoms with Gasteiger partial charge in [0, 0.05) is 6.07 Å². The van der Waals surface area contributed by atoms with E-state index in [9.17, 15) is 4.79 Å².